The number of esters is 1. The van der Waals surface area contributed by atoms with Gasteiger partial charge in [-0.3, -0.25) is 9.59 Å². The molecule has 0 aromatic heterocycles. The highest BCUT2D eigenvalue weighted by atomic mass is 16.6. The number of nitrogens with zero attached hydrogens (tertiary/aromatic N) is 1. The van der Waals surface area contributed by atoms with Gasteiger partial charge in [-0.25, -0.2) is 4.79 Å². The number of amides is 1. The molecule has 0 bridgehead atoms. The lowest BCUT2D eigenvalue weighted by Crippen LogP contribution is -2.41. The van der Waals surface area contributed by atoms with E-state index >= 15 is 0 Å². The Hall–Kier alpha value is -1.59. The number of carbonyl (C=O) groups excluding carboxylic acids is 3. The molecule has 0 aromatic rings. The summed E-state index contributed by atoms with van der Waals surface area (Å²) in [6.45, 7) is 6.33. The maximum Gasteiger partial charge on any atom is 0.410 e. The van der Waals surface area contributed by atoms with Crippen molar-refractivity contribution in [2.75, 3.05) is 20.2 Å². The van der Waals surface area contributed by atoms with Gasteiger partial charge < -0.3 is 14.4 Å². The minimum Gasteiger partial charge on any atom is -0.468 e. The Morgan fingerprint density at radius 3 is 2.52 bits per heavy atom. The first-order valence-electron chi connectivity index (χ1n) is 7.27. The van der Waals surface area contributed by atoms with Crippen LogP contribution in [0.5, 0.6) is 0 Å². The molecule has 6 nitrogen and oxygen atoms in total. The lowest BCUT2D eigenvalue weighted by molar-refractivity contribution is -0.152. The number of carbonyl (C=O) groups is 3. The van der Waals surface area contributed by atoms with Crippen LogP contribution < -0.4 is 0 Å². The largest absolute Gasteiger partial charge is 0.468 e. The van der Waals surface area contributed by atoms with Crippen LogP contribution in [0, 0.1) is 11.3 Å². The molecule has 2 aliphatic rings. The van der Waals surface area contributed by atoms with Crippen LogP contribution in [-0.2, 0) is 19.1 Å². The Balaban J connectivity index is 2.11. The van der Waals surface area contributed by atoms with Crippen molar-refractivity contribution in [2.24, 2.45) is 11.3 Å². The zero-order valence-corrected chi connectivity index (χ0v) is 13.1. The zero-order chi connectivity index (χ0) is 15.8. The lowest BCUT2D eigenvalue weighted by Gasteiger charge is -2.29. The Labute approximate surface area is 124 Å². The second-order valence-electron chi connectivity index (χ2n) is 6.94. The fourth-order valence-corrected chi connectivity index (χ4v) is 3.32. The number of rotatable bonds is 1. The first-order chi connectivity index (χ1) is 9.68. The van der Waals surface area contributed by atoms with Crippen LogP contribution in [-0.4, -0.2) is 48.5 Å². The molecular formula is C15H23NO5. The average Bonchev–Trinajstić information content (AvgIpc) is 2.93. The third-order valence-corrected chi connectivity index (χ3v) is 4.28. The average molecular weight is 297 g/mol. The molecule has 0 radical (unpaired) electrons. The molecule has 1 amide bonds. The van der Waals surface area contributed by atoms with Gasteiger partial charge in [-0.2, -0.15) is 0 Å². The number of Topliss-reactive ketones (excluding diaryl/α,β-unsaturated/α-hetero) is 1. The summed E-state index contributed by atoms with van der Waals surface area (Å²) in [7, 11) is 1.29. The SMILES string of the molecule is COC(=O)C1C(=O)CCC12CCN(C(=O)OC(C)(C)C)C2. The summed E-state index contributed by atoms with van der Waals surface area (Å²) in [5.74, 6) is -1.30. The van der Waals surface area contributed by atoms with Gasteiger partial charge in [-0.05, 0) is 33.6 Å². The number of hydrogen-bond donors (Lipinski definition) is 0. The Bertz CT molecular complexity index is 467. The molecule has 1 saturated carbocycles. The predicted octanol–water partition coefficient (Wildman–Crippen LogP) is 1.77. The quantitative estimate of drug-likeness (QED) is 0.545. The monoisotopic (exact) mass is 297 g/mol. The van der Waals surface area contributed by atoms with E-state index in [1.54, 1.807) is 4.90 Å². The van der Waals surface area contributed by atoms with Crippen LogP contribution >= 0.6 is 0 Å². The number of ketones is 1. The van der Waals surface area contributed by atoms with E-state index in [0.717, 1.165) is 0 Å². The molecule has 1 heterocycles. The summed E-state index contributed by atoms with van der Waals surface area (Å²) >= 11 is 0. The summed E-state index contributed by atoms with van der Waals surface area (Å²) in [4.78, 5) is 37.6. The fourth-order valence-electron chi connectivity index (χ4n) is 3.32. The van der Waals surface area contributed by atoms with Crippen molar-refractivity contribution in [3.05, 3.63) is 0 Å². The fraction of sp³-hybridized carbons (Fsp3) is 0.800. The van der Waals surface area contributed by atoms with Gasteiger partial charge in [0.25, 0.3) is 0 Å². The van der Waals surface area contributed by atoms with Crippen molar-refractivity contribution in [2.45, 2.75) is 45.6 Å². The number of hydrogen-bond acceptors (Lipinski definition) is 5. The first-order valence-corrected chi connectivity index (χ1v) is 7.27. The number of methoxy groups -OCH3 is 1. The van der Waals surface area contributed by atoms with Crippen molar-refractivity contribution < 1.29 is 23.9 Å². The van der Waals surface area contributed by atoms with Gasteiger partial charge in [0.1, 0.15) is 17.3 Å². The molecule has 1 spiro atoms. The number of likely N-dealkylation sites (tertiary alicyclic amines) is 1. The van der Waals surface area contributed by atoms with E-state index in [2.05, 4.69) is 0 Å². The van der Waals surface area contributed by atoms with Crippen molar-refractivity contribution in [1.82, 2.24) is 4.90 Å². The smallest absolute Gasteiger partial charge is 0.410 e. The van der Waals surface area contributed by atoms with Crippen LogP contribution in [0.2, 0.25) is 0 Å². The van der Waals surface area contributed by atoms with Crippen molar-refractivity contribution >= 4 is 17.8 Å². The third kappa shape index (κ3) is 3.04. The highest BCUT2D eigenvalue weighted by Gasteiger charge is 2.56. The number of ether oxygens (including phenoxy) is 2. The van der Waals surface area contributed by atoms with Gasteiger partial charge in [0.05, 0.1) is 7.11 Å². The standard InChI is InChI=1S/C15H23NO5/c1-14(2,3)21-13(19)16-8-7-15(9-16)6-5-10(17)11(15)12(18)20-4/h11H,5-9H2,1-4H3. The van der Waals surface area contributed by atoms with Gasteiger partial charge in [-0.1, -0.05) is 0 Å². The summed E-state index contributed by atoms with van der Waals surface area (Å²) in [5, 5.41) is 0. The van der Waals surface area contributed by atoms with E-state index in [4.69, 9.17) is 9.47 Å². The second-order valence-corrected chi connectivity index (χ2v) is 6.94. The van der Waals surface area contributed by atoms with Gasteiger partial charge in [0, 0.05) is 24.9 Å². The highest BCUT2D eigenvalue weighted by Crippen LogP contribution is 2.48. The summed E-state index contributed by atoms with van der Waals surface area (Å²) in [6.07, 6.45) is 1.26. The molecule has 118 valence electrons. The Kier molecular flexibility index (Phi) is 4.00. The van der Waals surface area contributed by atoms with Crippen LogP contribution in [0.25, 0.3) is 0 Å². The molecule has 2 unspecified atom stereocenters. The predicted molar refractivity (Wildman–Crippen MR) is 74.6 cm³/mol. The molecule has 0 aromatic carbocycles. The van der Waals surface area contributed by atoms with Crippen molar-refractivity contribution in [3.63, 3.8) is 0 Å². The molecule has 1 saturated heterocycles. The minimum atomic E-state index is -0.741. The van der Waals surface area contributed by atoms with E-state index in [-0.39, 0.29) is 11.9 Å². The van der Waals surface area contributed by atoms with Crippen molar-refractivity contribution in [3.8, 4) is 0 Å². The van der Waals surface area contributed by atoms with Crippen LogP contribution in [0.3, 0.4) is 0 Å². The van der Waals surface area contributed by atoms with Crippen LogP contribution in [0.1, 0.15) is 40.0 Å². The van der Waals surface area contributed by atoms with Gasteiger partial charge >= 0.3 is 12.1 Å². The van der Waals surface area contributed by atoms with Gasteiger partial charge in [0.2, 0.25) is 0 Å². The van der Waals surface area contributed by atoms with Gasteiger partial charge in [-0.15, -0.1) is 0 Å². The topological polar surface area (TPSA) is 72.9 Å². The molecule has 21 heavy (non-hydrogen) atoms. The first kappa shape index (κ1) is 15.8. The Morgan fingerprint density at radius 1 is 1.29 bits per heavy atom. The summed E-state index contributed by atoms with van der Waals surface area (Å²) < 4.78 is 10.1. The van der Waals surface area contributed by atoms with E-state index in [1.807, 2.05) is 20.8 Å². The molecule has 0 N–H and O–H groups in total. The molecule has 1 aliphatic heterocycles. The molecule has 6 heteroatoms. The summed E-state index contributed by atoms with van der Waals surface area (Å²) in [5.41, 5.74) is -1.03. The Morgan fingerprint density at radius 2 is 1.95 bits per heavy atom. The molecule has 1 aliphatic carbocycles. The molecule has 2 rings (SSSR count). The van der Waals surface area contributed by atoms with Crippen molar-refractivity contribution in [1.29, 1.82) is 0 Å². The van der Waals surface area contributed by atoms with Crippen LogP contribution in [0.15, 0.2) is 0 Å². The highest BCUT2D eigenvalue weighted by molar-refractivity contribution is 6.01. The van der Waals surface area contributed by atoms with Gasteiger partial charge in [0.15, 0.2) is 0 Å². The molecular weight excluding hydrogens is 274 g/mol. The molecule has 2 fully saturated rings. The maximum atomic E-state index is 12.1. The zero-order valence-electron chi connectivity index (χ0n) is 13.1. The van der Waals surface area contributed by atoms with Crippen LogP contribution in [0.4, 0.5) is 4.79 Å². The lowest BCUT2D eigenvalue weighted by atomic mass is 9.77. The molecule has 2 atom stereocenters. The van der Waals surface area contributed by atoms with E-state index in [1.165, 1.54) is 7.11 Å². The van der Waals surface area contributed by atoms with E-state index < -0.39 is 22.9 Å². The maximum absolute atomic E-state index is 12.1. The normalized spacial score (nSPS) is 29.0. The minimum absolute atomic E-state index is 0.0760. The van der Waals surface area contributed by atoms with E-state index in [9.17, 15) is 14.4 Å². The summed E-state index contributed by atoms with van der Waals surface area (Å²) in [6, 6.07) is 0. The second kappa shape index (κ2) is 5.31. The third-order valence-electron chi connectivity index (χ3n) is 4.28. The van der Waals surface area contributed by atoms with E-state index in [0.29, 0.717) is 32.4 Å².